The van der Waals surface area contributed by atoms with Crippen LogP contribution in [0.25, 0.3) is 11.4 Å². The van der Waals surface area contributed by atoms with E-state index < -0.39 is 21.9 Å². The number of benzene rings is 1. The van der Waals surface area contributed by atoms with Gasteiger partial charge in [0.1, 0.15) is 11.6 Å². The summed E-state index contributed by atoms with van der Waals surface area (Å²) in [6, 6.07) is 3.51. The van der Waals surface area contributed by atoms with Crippen molar-refractivity contribution in [1.29, 1.82) is 0 Å². The molecule has 1 aromatic heterocycles. The van der Waals surface area contributed by atoms with E-state index in [1.54, 1.807) is 7.05 Å². The first-order valence-corrected chi connectivity index (χ1v) is 7.90. The number of hydrogen-bond donors (Lipinski definition) is 0. The summed E-state index contributed by atoms with van der Waals surface area (Å²) >= 11 is 0. The van der Waals surface area contributed by atoms with Crippen molar-refractivity contribution in [2.45, 2.75) is 18.2 Å². The molecule has 0 spiro atoms. The minimum atomic E-state index is -4.94. The van der Waals surface area contributed by atoms with Gasteiger partial charge in [0, 0.05) is 19.4 Å². The zero-order chi connectivity index (χ0) is 16.5. The lowest BCUT2D eigenvalue weighted by Gasteiger charge is -2.16. The second-order valence-corrected chi connectivity index (χ2v) is 6.69. The Balaban J connectivity index is 2.77. The van der Waals surface area contributed by atoms with Crippen molar-refractivity contribution in [3.8, 4) is 17.1 Å². The lowest BCUT2D eigenvalue weighted by atomic mass is 10.2. The average Bonchev–Trinajstić information content (AvgIpc) is 2.82. The molecule has 22 heavy (non-hydrogen) atoms. The average molecular weight is 334 g/mol. The van der Waals surface area contributed by atoms with Crippen LogP contribution in [-0.4, -0.2) is 30.1 Å². The summed E-state index contributed by atoms with van der Waals surface area (Å²) in [6.07, 6.45) is -2.07. The number of rotatable bonds is 4. The van der Waals surface area contributed by atoms with Crippen molar-refractivity contribution in [2.24, 2.45) is 7.05 Å². The molecule has 0 amide bonds. The summed E-state index contributed by atoms with van der Waals surface area (Å²) in [5, 5.41) is 0. The van der Waals surface area contributed by atoms with Crippen LogP contribution in [0.4, 0.5) is 13.2 Å². The van der Waals surface area contributed by atoms with E-state index in [0.717, 1.165) is 6.07 Å². The highest BCUT2D eigenvalue weighted by atomic mass is 32.2. The number of imidazole rings is 1. The number of hydrogen-bond acceptors (Lipinski definition) is 4. The maximum atomic E-state index is 12.6. The van der Waals surface area contributed by atoms with Crippen molar-refractivity contribution < 1.29 is 26.3 Å². The highest BCUT2D eigenvalue weighted by Crippen LogP contribution is 2.38. The Morgan fingerprint density at radius 1 is 1.32 bits per heavy atom. The number of sulfone groups is 1. The van der Waals surface area contributed by atoms with Gasteiger partial charge in [0.25, 0.3) is 0 Å². The van der Waals surface area contributed by atoms with E-state index in [1.807, 2.05) is 0 Å². The standard InChI is InChI=1S/C13H13F3N2O3S/c1-3-22(19,20)10-6-4-5-9(21-13(14,15)16)11(10)12-17-7-8-18(12)2/h4-8H,3H2,1-2H3. The van der Waals surface area contributed by atoms with E-state index in [-0.39, 0.29) is 22.0 Å². The van der Waals surface area contributed by atoms with Crippen molar-refractivity contribution in [2.75, 3.05) is 5.75 Å². The Kier molecular flexibility index (Phi) is 4.19. The summed E-state index contributed by atoms with van der Waals surface area (Å²) in [5.41, 5.74) is -0.200. The fourth-order valence-electron chi connectivity index (χ4n) is 1.96. The molecule has 0 radical (unpaired) electrons. The second-order valence-electron chi connectivity index (χ2n) is 4.44. The van der Waals surface area contributed by atoms with Crippen molar-refractivity contribution >= 4 is 9.84 Å². The van der Waals surface area contributed by atoms with Crippen molar-refractivity contribution in [3.05, 3.63) is 30.6 Å². The Morgan fingerprint density at radius 2 is 2.00 bits per heavy atom. The molecule has 0 unspecified atom stereocenters. The fraction of sp³-hybridized carbons (Fsp3) is 0.308. The third kappa shape index (κ3) is 3.24. The van der Waals surface area contributed by atoms with Crippen LogP contribution in [0.2, 0.25) is 0 Å². The fourth-order valence-corrected chi connectivity index (χ4v) is 3.06. The number of aromatic nitrogens is 2. The second kappa shape index (κ2) is 5.64. The molecule has 0 aliphatic heterocycles. The molecular formula is C13H13F3N2O3S. The molecule has 2 aromatic rings. The SMILES string of the molecule is CCS(=O)(=O)c1cccc(OC(F)(F)F)c1-c1nccn1C. The first-order chi connectivity index (χ1) is 10.2. The van der Waals surface area contributed by atoms with E-state index in [1.165, 1.54) is 36.0 Å². The lowest BCUT2D eigenvalue weighted by Crippen LogP contribution is -2.19. The Bertz CT molecular complexity index is 782. The van der Waals surface area contributed by atoms with E-state index in [0.29, 0.717) is 0 Å². The molecular weight excluding hydrogens is 321 g/mol. The molecule has 0 aliphatic carbocycles. The van der Waals surface area contributed by atoms with E-state index in [9.17, 15) is 21.6 Å². The minimum Gasteiger partial charge on any atom is -0.405 e. The number of ether oxygens (including phenoxy) is 1. The predicted octanol–water partition coefficient (Wildman–Crippen LogP) is 2.78. The van der Waals surface area contributed by atoms with Crippen LogP contribution < -0.4 is 4.74 Å². The van der Waals surface area contributed by atoms with Crippen LogP contribution in [-0.2, 0) is 16.9 Å². The maximum Gasteiger partial charge on any atom is 0.573 e. The molecule has 0 saturated carbocycles. The number of nitrogens with zero attached hydrogens (tertiary/aromatic N) is 2. The van der Waals surface area contributed by atoms with Gasteiger partial charge in [-0.1, -0.05) is 13.0 Å². The Labute approximate surface area is 125 Å². The van der Waals surface area contributed by atoms with Crippen LogP contribution in [0.15, 0.2) is 35.5 Å². The summed E-state index contributed by atoms with van der Waals surface area (Å²) in [6.45, 7) is 1.41. The minimum absolute atomic E-state index is 0.0758. The van der Waals surface area contributed by atoms with Crippen LogP contribution >= 0.6 is 0 Å². The topological polar surface area (TPSA) is 61.2 Å². The van der Waals surface area contributed by atoms with Crippen LogP contribution in [0, 0.1) is 0 Å². The van der Waals surface area contributed by atoms with Gasteiger partial charge in [-0.2, -0.15) is 0 Å². The van der Waals surface area contributed by atoms with Crippen molar-refractivity contribution in [1.82, 2.24) is 9.55 Å². The molecule has 0 N–H and O–H groups in total. The molecule has 9 heteroatoms. The number of alkyl halides is 3. The summed E-state index contributed by atoms with van der Waals surface area (Å²) in [4.78, 5) is 3.69. The van der Waals surface area contributed by atoms with Gasteiger partial charge < -0.3 is 9.30 Å². The van der Waals surface area contributed by atoms with E-state index >= 15 is 0 Å². The third-order valence-corrected chi connectivity index (χ3v) is 4.74. The summed E-state index contributed by atoms with van der Waals surface area (Å²) in [7, 11) is -2.20. The smallest absolute Gasteiger partial charge is 0.405 e. The van der Waals surface area contributed by atoms with Crippen LogP contribution in [0.5, 0.6) is 5.75 Å². The first-order valence-electron chi connectivity index (χ1n) is 6.25. The quantitative estimate of drug-likeness (QED) is 0.863. The molecule has 1 heterocycles. The third-order valence-electron chi connectivity index (χ3n) is 2.97. The maximum absolute atomic E-state index is 12.6. The Hall–Kier alpha value is -2.03. The van der Waals surface area contributed by atoms with E-state index in [4.69, 9.17) is 0 Å². The molecule has 2 rings (SSSR count). The molecule has 0 bridgehead atoms. The molecule has 120 valence electrons. The van der Waals surface area contributed by atoms with Crippen LogP contribution in [0.1, 0.15) is 6.92 Å². The lowest BCUT2D eigenvalue weighted by molar-refractivity contribution is -0.274. The molecule has 1 aromatic carbocycles. The van der Waals surface area contributed by atoms with Gasteiger partial charge in [-0.15, -0.1) is 13.2 Å². The van der Waals surface area contributed by atoms with Gasteiger partial charge in [0.15, 0.2) is 9.84 Å². The Morgan fingerprint density at radius 3 is 2.50 bits per heavy atom. The molecule has 0 atom stereocenters. The van der Waals surface area contributed by atoms with Crippen LogP contribution in [0.3, 0.4) is 0 Å². The van der Waals surface area contributed by atoms with Crippen molar-refractivity contribution in [3.63, 3.8) is 0 Å². The first kappa shape index (κ1) is 16.3. The number of halogens is 3. The van der Waals surface area contributed by atoms with Gasteiger partial charge in [-0.25, -0.2) is 13.4 Å². The normalized spacial score (nSPS) is 12.4. The monoisotopic (exact) mass is 334 g/mol. The summed E-state index contributed by atoms with van der Waals surface area (Å²) < 4.78 is 67.5. The number of aryl methyl sites for hydroxylation is 1. The highest BCUT2D eigenvalue weighted by molar-refractivity contribution is 7.91. The van der Waals surface area contributed by atoms with E-state index in [2.05, 4.69) is 9.72 Å². The molecule has 0 fully saturated rings. The molecule has 0 saturated heterocycles. The summed E-state index contributed by atoms with van der Waals surface area (Å²) in [5.74, 6) is -0.775. The van der Waals surface area contributed by atoms with Gasteiger partial charge in [0.05, 0.1) is 16.2 Å². The van der Waals surface area contributed by atoms with Gasteiger partial charge >= 0.3 is 6.36 Å². The van der Waals surface area contributed by atoms with Gasteiger partial charge in [-0.3, -0.25) is 0 Å². The molecule has 0 aliphatic rings. The zero-order valence-corrected chi connectivity index (χ0v) is 12.6. The zero-order valence-electron chi connectivity index (χ0n) is 11.8. The molecule has 5 nitrogen and oxygen atoms in total. The van der Waals surface area contributed by atoms with Gasteiger partial charge in [0.2, 0.25) is 0 Å². The highest BCUT2D eigenvalue weighted by Gasteiger charge is 2.34. The predicted molar refractivity (Wildman–Crippen MR) is 73.1 cm³/mol. The van der Waals surface area contributed by atoms with Gasteiger partial charge in [-0.05, 0) is 12.1 Å². The largest absolute Gasteiger partial charge is 0.573 e.